The Labute approximate surface area is 172 Å². The number of aromatic nitrogens is 1. The monoisotopic (exact) mass is 433 g/mol. The predicted molar refractivity (Wildman–Crippen MR) is 111 cm³/mol. The number of rotatable bonds is 4. The van der Waals surface area contributed by atoms with Crippen LogP contribution in [0, 0.1) is 11.7 Å². The Morgan fingerprint density at radius 3 is 2.69 bits per heavy atom. The first kappa shape index (κ1) is 19.9. The van der Waals surface area contributed by atoms with Gasteiger partial charge in [0.15, 0.2) is 5.13 Å². The van der Waals surface area contributed by atoms with Crippen LogP contribution in [0.4, 0.5) is 9.52 Å². The maximum absolute atomic E-state index is 13.8. The Morgan fingerprint density at radius 1 is 1.24 bits per heavy atom. The Hall–Kier alpha value is -2.36. The number of carbonyl (C=O) groups is 1. The van der Waals surface area contributed by atoms with E-state index < -0.39 is 21.7 Å². The molecule has 3 aromatic rings. The van der Waals surface area contributed by atoms with E-state index in [1.165, 1.54) is 46.0 Å². The third kappa shape index (κ3) is 4.03. The number of piperidine rings is 1. The molecule has 2 heterocycles. The molecule has 1 atom stereocenters. The number of sulfonamides is 1. The molecule has 29 heavy (non-hydrogen) atoms. The zero-order valence-electron chi connectivity index (χ0n) is 15.8. The molecule has 2 aromatic carbocycles. The molecule has 1 fully saturated rings. The van der Waals surface area contributed by atoms with E-state index in [1.54, 1.807) is 12.1 Å². The van der Waals surface area contributed by atoms with Crippen molar-refractivity contribution in [3.8, 4) is 0 Å². The Balaban J connectivity index is 1.51. The molecule has 1 saturated heterocycles. The number of fused-ring (bicyclic) bond motifs is 1. The van der Waals surface area contributed by atoms with E-state index in [4.69, 9.17) is 0 Å². The maximum Gasteiger partial charge on any atom is 0.257 e. The quantitative estimate of drug-likeness (QED) is 0.672. The molecule has 0 bridgehead atoms. The second-order valence-electron chi connectivity index (χ2n) is 7.19. The van der Waals surface area contributed by atoms with E-state index in [-0.39, 0.29) is 15.5 Å². The minimum atomic E-state index is -3.57. The molecule has 1 aromatic heterocycles. The van der Waals surface area contributed by atoms with Crippen LogP contribution in [-0.4, -0.2) is 36.7 Å². The number of anilines is 1. The number of carbonyl (C=O) groups excluding carboxylic acids is 1. The molecule has 1 N–H and O–H groups in total. The van der Waals surface area contributed by atoms with E-state index in [9.17, 15) is 17.6 Å². The third-order valence-corrected chi connectivity index (χ3v) is 7.78. The molecule has 4 rings (SSSR count). The molecule has 6 nitrogen and oxygen atoms in total. The number of halogens is 1. The van der Waals surface area contributed by atoms with Gasteiger partial charge in [-0.1, -0.05) is 24.3 Å². The molecule has 1 unspecified atom stereocenters. The fourth-order valence-corrected chi connectivity index (χ4v) is 5.90. The van der Waals surface area contributed by atoms with E-state index in [0.29, 0.717) is 29.3 Å². The van der Waals surface area contributed by atoms with Gasteiger partial charge in [-0.25, -0.2) is 17.8 Å². The summed E-state index contributed by atoms with van der Waals surface area (Å²) < 4.78 is 41.5. The van der Waals surface area contributed by atoms with Crippen LogP contribution in [0.5, 0.6) is 0 Å². The standard InChI is InChI=1S/C20H20FN3O3S2/c1-13-4-3-11-24(12-13)29(26,27)15-9-7-14(8-10-15)19(25)23-20-22-18-16(21)5-2-6-17(18)28-20/h2,5-10,13H,3-4,11-12H2,1H3,(H,22,23,25). The number of thiazole rings is 1. The van der Waals surface area contributed by atoms with Crippen LogP contribution in [0.3, 0.4) is 0 Å². The van der Waals surface area contributed by atoms with Crippen molar-refractivity contribution in [3.05, 3.63) is 53.8 Å². The minimum Gasteiger partial charge on any atom is -0.298 e. The van der Waals surface area contributed by atoms with Crippen molar-refractivity contribution in [2.24, 2.45) is 5.92 Å². The normalized spacial score (nSPS) is 18.1. The molecule has 0 spiro atoms. The van der Waals surface area contributed by atoms with Gasteiger partial charge in [0.2, 0.25) is 10.0 Å². The van der Waals surface area contributed by atoms with Crippen LogP contribution < -0.4 is 5.32 Å². The van der Waals surface area contributed by atoms with Crippen molar-refractivity contribution in [2.45, 2.75) is 24.7 Å². The first-order valence-corrected chi connectivity index (χ1v) is 11.6. The summed E-state index contributed by atoms with van der Waals surface area (Å²) in [5, 5.41) is 2.93. The van der Waals surface area contributed by atoms with Gasteiger partial charge in [0.1, 0.15) is 11.3 Å². The summed E-state index contributed by atoms with van der Waals surface area (Å²) >= 11 is 1.18. The molecular weight excluding hydrogens is 413 g/mol. The van der Waals surface area contributed by atoms with Gasteiger partial charge in [0.25, 0.3) is 5.91 Å². The number of amides is 1. The molecule has 0 radical (unpaired) electrons. The number of para-hydroxylation sites is 1. The fraction of sp³-hybridized carbons (Fsp3) is 0.300. The molecule has 9 heteroatoms. The van der Waals surface area contributed by atoms with Gasteiger partial charge >= 0.3 is 0 Å². The second-order valence-corrected chi connectivity index (χ2v) is 10.2. The van der Waals surface area contributed by atoms with Gasteiger partial charge in [-0.2, -0.15) is 4.31 Å². The van der Waals surface area contributed by atoms with Crippen LogP contribution in [0.1, 0.15) is 30.1 Å². The summed E-state index contributed by atoms with van der Waals surface area (Å²) in [6, 6.07) is 10.5. The van der Waals surface area contributed by atoms with Gasteiger partial charge in [-0.05, 0) is 55.2 Å². The van der Waals surface area contributed by atoms with Crippen molar-refractivity contribution in [1.82, 2.24) is 9.29 Å². The van der Waals surface area contributed by atoms with Gasteiger partial charge in [0.05, 0.1) is 9.60 Å². The van der Waals surface area contributed by atoms with Gasteiger partial charge in [0, 0.05) is 18.7 Å². The van der Waals surface area contributed by atoms with E-state index >= 15 is 0 Å². The summed E-state index contributed by atoms with van der Waals surface area (Å²) in [7, 11) is -3.57. The van der Waals surface area contributed by atoms with Crippen molar-refractivity contribution >= 4 is 42.6 Å². The highest BCUT2D eigenvalue weighted by molar-refractivity contribution is 7.89. The number of hydrogen-bond acceptors (Lipinski definition) is 5. The second kappa shape index (κ2) is 7.81. The number of nitrogens with one attached hydrogen (secondary N) is 1. The smallest absolute Gasteiger partial charge is 0.257 e. The number of nitrogens with zero attached hydrogens (tertiary/aromatic N) is 2. The SMILES string of the molecule is CC1CCCN(S(=O)(=O)c2ccc(C(=O)Nc3nc4c(F)cccc4s3)cc2)C1. The van der Waals surface area contributed by atoms with E-state index in [2.05, 4.69) is 10.3 Å². The summed E-state index contributed by atoms with van der Waals surface area (Å²) in [4.78, 5) is 16.8. The average Bonchev–Trinajstić information content (AvgIpc) is 3.12. The lowest BCUT2D eigenvalue weighted by Crippen LogP contribution is -2.39. The van der Waals surface area contributed by atoms with Crippen molar-refractivity contribution in [3.63, 3.8) is 0 Å². The molecule has 1 aliphatic heterocycles. The summed E-state index contributed by atoms with van der Waals surface area (Å²) in [6.07, 6.45) is 1.88. The number of benzene rings is 2. The van der Waals surface area contributed by atoms with Gasteiger partial charge in [-0.3, -0.25) is 10.1 Å². The molecular formula is C20H20FN3O3S2. The van der Waals surface area contributed by atoms with Crippen molar-refractivity contribution < 1.29 is 17.6 Å². The van der Waals surface area contributed by atoms with Crippen LogP contribution in [0.15, 0.2) is 47.4 Å². The lowest BCUT2D eigenvalue weighted by atomic mass is 10.0. The molecule has 0 aliphatic carbocycles. The third-order valence-electron chi connectivity index (χ3n) is 4.96. The Kier molecular flexibility index (Phi) is 5.37. The zero-order valence-corrected chi connectivity index (χ0v) is 17.4. The first-order chi connectivity index (χ1) is 13.8. The highest BCUT2D eigenvalue weighted by Crippen LogP contribution is 2.28. The largest absolute Gasteiger partial charge is 0.298 e. The fourth-order valence-electron chi connectivity index (χ4n) is 3.43. The van der Waals surface area contributed by atoms with E-state index in [1.807, 2.05) is 6.92 Å². The first-order valence-electron chi connectivity index (χ1n) is 9.31. The summed E-state index contributed by atoms with van der Waals surface area (Å²) in [6.45, 7) is 3.07. The van der Waals surface area contributed by atoms with Crippen LogP contribution in [0.25, 0.3) is 10.2 Å². The van der Waals surface area contributed by atoms with Crippen LogP contribution in [0.2, 0.25) is 0 Å². The predicted octanol–water partition coefficient (Wildman–Crippen LogP) is 4.11. The van der Waals surface area contributed by atoms with E-state index in [0.717, 1.165) is 12.8 Å². The zero-order chi connectivity index (χ0) is 20.6. The van der Waals surface area contributed by atoms with Crippen molar-refractivity contribution in [2.75, 3.05) is 18.4 Å². The van der Waals surface area contributed by atoms with Crippen LogP contribution >= 0.6 is 11.3 Å². The van der Waals surface area contributed by atoms with Gasteiger partial charge < -0.3 is 0 Å². The average molecular weight is 434 g/mol. The van der Waals surface area contributed by atoms with Crippen LogP contribution in [-0.2, 0) is 10.0 Å². The lowest BCUT2D eigenvalue weighted by molar-refractivity contribution is 0.102. The summed E-state index contributed by atoms with van der Waals surface area (Å²) in [5.74, 6) is -0.539. The lowest BCUT2D eigenvalue weighted by Gasteiger charge is -2.30. The van der Waals surface area contributed by atoms with Gasteiger partial charge in [-0.15, -0.1) is 0 Å². The number of hydrogen-bond donors (Lipinski definition) is 1. The molecule has 1 amide bonds. The topological polar surface area (TPSA) is 79.4 Å². The molecule has 0 saturated carbocycles. The van der Waals surface area contributed by atoms with Crippen molar-refractivity contribution in [1.29, 1.82) is 0 Å². The molecule has 152 valence electrons. The molecule has 1 aliphatic rings. The highest BCUT2D eigenvalue weighted by atomic mass is 32.2. The maximum atomic E-state index is 13.8. The minimum absolute atomic E-state index is 0.171. The Bertz CT molecular complexity index is 1160. The highest BCUT2D eigenvalue weighted by Gasteiger charge is 2.28. The summed E-state index contributed by atoms with van der Waals surface area (Å²) in [5.41, 5.74) is 0.515. The Morgan fingerprint density at radius 2 is 2.00 bits per heavy atom.